The highest BCUT2D eigenvalue weighted by molar-refractivity contribution is 5.89. The average molecular weight is 224 g/mol. The molecule has 0 fully saturated rings. The number of hydrogen-bond donors (Lipinski definition) is 0. The van der Waals surface area contributed by atoms with Crippen molar-refractivity contribution in [3.8, 4) is 6.07 Å². The van der Waals surface area contributed by atoms with Gasteiger partial charge in [0.25, 0.3) is 0 Å². The number of halogens is 1. The van der Waals surface area contributed by atoms with Crippen molar-refractivity contribution < 1.29 is 4.39 Å². The van der Waals surface area contributed by atoms with Crippen molar-refractivity contribution in [3.05, 3.63) is 65.7 Å². The van der Waals surface area contributed by atoms with Gasteiger partial charge in [0.2, 0.25) is 0 Å². The molecule has 0 aliphatic rings. The molecule has 0 bridgehead atoms. The van der Waals surface area contributed by atoms with Gasteiger partial charge >= 0.3 is 0 Å². The molecule has 0 radical (unpaired) electrons. The first kappa shape index (κ1) is 11.0. The van der Waals surface area contributed by atoms with Gasteiger partial charge in [-0.25, -0.2) is 4.39 Å². The van der Waals surface area contributed by atoms with E-state index < -0.39 is 0 Å². The van der Waals surface area contributed by atoms with Gasteiger partial charge in [0.15, 0.2) is 0 Å². The zero-order valence-corrected chi connectivity index (χ0v) is 8.97. The molecule has 1 heterocycles. The van der Waals surface area contributed by atoms with Crippen LogP contribution in [0.3, 0.4) is 0 Å². The molecule has 2 rings (SSSR count). The Bertz CT molecular complexity index is 565. The number of allylic oxidation sites excluding steroid dienone is 1. The largest absolute Gasteiger partial charge is 0.265 e. The van der Waals surface area contributed by atoms with Gasteiger partial charge in [0, 0.05) is 12.4 Å². The van der Waals surface area contributed by atoms with Crippen LogP contribution in [0.5, 0.6) is 0 Å². The fourth-order valence-corrected chi connectivity index (χ4v) is 1.44. The number of hydrogen-bond acceptors (Lipinski definition) is 2. The molecule has 0 saturated carbocycles. The molecule has 3 heteroatoms. The van der Waals surface area contributed by atoms with E-state index in [2.05, 4.69) is 11.1 Å². The fraction of sp³-hybridized carbons (Fsp3) is 0. The topological polar surface area (TPSA) is 36.7 Å². The first-order chi connectivity index (χ1) is 8.29. The minimum Gasteiger partial charge on any atom is -0.265 e. The molecule has 0 aliphatic heterocycles. The van der Waals surface area contributed by atoms with E-state index in [4.69, 9.17) is 5.26 Å². The Labute approximate surface area is 98.7 Å². The minimum atomic E-state index is -0.310. The highest BCUT2D eigenvalue weighted by Crippen LogP contribution is 2.17. The Balaban J connectivity index is 2.38. The van der Waals surface area contributed by atoms with Gasteiger partial charge in [0.05, 0.1) is 11.6 Å². The molecule has 1 aromatic carbocycles. The predicted octanol–water partition coefficient (Wildman–Crippen LogP) is 3.28. The highest BCUT2D eigenvalue weighted by atomic mass is 19.1. The molecule has 0 atom stereocenters. The standard InChI is InChI=1S/C14H9FN2/c15-14-3-1-12(2-4-14)13(10-16)9-11-5-7-17-8-6-11/h1-9H. The number of benzene rings is 1. The number of nitriles is 1. The molecule has 17 heavy (non-hydrogen) atoms. The lowest BCUT2D eigenvalue weighted by molar-refractivity contribution is 0.627. The van der Waals surface area contributed by atoms with E-state index in [1.165, 1.54) is 12.1 Å². The van der Waals surface area contributed by atoms with Crippen molar-refractivity contribution >= 4 is 11.6 Å². The second-order valence-corrected chi connectivity index (χ2v) is 3.46. The van der Waals surface area contributed by atoms with Gasteiger partial charge in [-0.2, -0.15) is 5.26 Å². The number of pyridine rings is 1. The SMILES string of the molecule is N#CC(=Cc1ccncc1)c1ccc(F)cc1. The third-order valence-electron chi connectivity index (χ3n) is 2.29. The van der Waals surface area contributed by atoms with E-state index in [0.29, 0.717) is 11.1 Å². The maximum absolute atomic E-state index is 12.8. The first-order valence-corrected chi connectivity index (χ1v) is 5.07. The minimum absolute atomic E-state index is 0.310. The smallest absolute Gasteiger partial charge is 0.123 e. The summed E-state index contributed by atoms with van der Waals surface area (Å²) in [6, 6.07) is 11.6. The van der Waals surface area contributed by atoms with Crippen LogP contribution in [0.25, 0.3) is 11.6 Å². The highest BCUT2D eigenvalue weighted by Gasteiger charge is 2.01. The molecule has 0 aliphatic carbocycles. The van der Waals surface area contributed by atoms with Crippen LogP contribution in [0, 0.1) is 17.1 Å². The summed E-state index contributed by atoms with van der Waals surface area (Å²) in [6.07, 6.45) is 5.06. The van der Waals surface area contributed by atoms with Gasteiger partial charge in [-0.3, -0.25) is 4.98 Å². The molecule has 0 unspecified atom stereocenters. The fourth-order valence-electron chi connectivity index (χ4n) is 1.44. The molecule has 0 saturated heterocycles. The maximum Gasteiger partial charge on any atom is 0.123 e. The van der Waals surface area contributed by atoms with E-state index in [-0.39, 0.29) is 5.82 Å². The van der Waals surface area contributed by atoms with Crippen molar-refractivity contribution in [1.29, 1.82) is 5.26 Å². The van der Waals surface area contributed by atoms with E-state index in [1.807, 2.05) is 0 Å². The summed E-state index contributed by atoms with van der Waals surface area (Å²) in [6.45, 7) is 0. The van der Waals surface area contributed by atoms with Crippen LogP contribution in [0.1, 0.15) is 11.1 Å². The molecular weight excluding hydrogens is 215 g/mol. The zero-order chi connectivity index (χ0) is 12.1. The van der Waals surface area contributed by atoms with Crippen molar-refractivity contribution in [2.45, 2.75) is 0 Å². The van der Waals surface area contributed by atoms with Crippen LogP contribution < -0.4 is 0 Å². The Hall–Kier alpha value is -2.47. The van der Waals surface area contributed by atoms with Crippen LogP contribution in [0.2, 0.25) is 0 Å². The second kappa shape index (κ2) is 5.04. The van der Waals surface area contributed by atoms with E-state index in [1.54, 1.807) is 42.7 Å². The Morgan fingerprint density at radius 2 is 1.76 bits per heavy atom. The van der Waals surface area contributed by atoms with Gasteiger partial charge in [0.1, 0.15) is 5.82 Å². The van der Waals surface area contributed by atoms with Crippen LogP contribution in [0.4, 0.5) is 4.39 Å². The zero-order valence-electron chi connectivity index (χ0n) is 8.97. The van der Waals surface area contributed by atoms with Crippen LogP contribution >= 0.6 is 0 Å². The number of aromatic nitrogens is 1. The normalized spacial score (nSPS) is 10.9. The van der Waals surface area contributed by atoms with Gasteiger partial charge in [-0.05, 0) is 41.5 Å². The summed E-state index contributed by atoms with van der Waals surface area (Å²) in [5.74, 6) is -0.310. The quantitative estimate of drug-likeness (QED) is 0.734. The summed E-state index contributed by atoms with van der Waals surface area (Å²) in [5.41, 5.74) is 2.09. The Kier molecular flexibility index (Phi) is 3.27. The maximum atomic E-state index is 12.8. The summed E-state index contributed by atoms with van der Waals surface area (Å²) in [5, 5.41) is 9.08. The summed E-state index contributed by atoms with van der Waals surface area (Å²) >= 11 is 0. The number of nitrogens with zero attached hydrogens (tertiary/aromatic N) is 2. The van der Waals surface area contributed by atoms with Crippen LogP contribution in [-0.2, 0) is 0 Å². The average Bonchev–Trinajstić information content (AvgIpc) is 2.38. The van der Waals surface area contributed by atoms with Crippen LogP contribution in [0.15, 0.2) is 48.8 Å². The molecule has 2 nitrogen and oxygen atoms in total. The number of rotatable bonds is 2. The lowest BCUT2D eigenvalue weighted by Crippen LogP contribution is -1.83. The van der Waals surface area contributed by atoms with Gasteiger partial charge < -0.3 is 0 Å². The molecule has 0 spiro atoms. The second-order valence-electron chi connectivity index (χ2n) is 3.46. The van der Waals surface area contributed by atoms with Gasteiger partial charge in [-0.1, -0.05) is 12.1 Å². The Morgan fingerprint density at radius 1 is 1.12 bits per heavy atom. The van der Waals surface area contributed by atoms with Crippen molar-refractivity contribution in [3.63, 3.8) is 0 Å². The third kappa shape index (κ3) is 2.76. The Morgan fingerprint density at radius 3 is 2.35 bits per heavy atom. The molecular formula is C14H9FN2. The lowest BCUT2D eigenvalue weighted by atomic mass is 10.0. The first-order valence-electron chi connectivity index (χ1n) is 5.07. The molecule has 0 amide bonds. The predicted molar refractivity (Wildman–Crippen MR) is 64.1 cm³/mol. The summed E-state index contributed by atoms with van der Waals surface area (Å²) < 4.78 is 12.8. The van der Waals surface area contributed by atoms with Crippen LogP contribution in [-0.4, -0.2) is 4.98 Å². The molecule has 1 aromatic heterocycles. The van der Waals surface area contributed by atoms with E-state index in [9.17, 15) is 4.39 Å². The molecule has 0 N–H and O–H groups in total. The van der Waals surface area contributed by atoms with Crippen molar-refractivity contribution in [2.24, 2.45) is 0 Å². The van der Waals surface area contributed by atoms with E-state index in [0.717, 1.165) is 5.56 Å². The molecule has 2 aromatic rings. The summed E-state index contributed by atoms with van der Waals surface area (Å²) in [7, 11) is 0. The third-order valence-corrected chi connectivity index (χ3v) is 2.29. The monoisotopic (exact) mass is 224 g/mol. The summed E-state index contributed by atoms with van der Waals surface area (Å²) in [4.78, 5) is 3.90. The molecule has 82 valence electrons. The van der Waals surface area contributed by atoms with E-state index >= 15 is 0 Å². The van der Waals surface area contributed by atoms with Gasteiger partial charge in [-0.15, -0.1) is 0 Å². The van der Waals surface area contributed by atoms with Crippen molar-refractivity contribution in [1.82, 2.24) is 4.98 Å². The van der Waals surface area contributed by atoms with Crippen molar-refractivity contribution in [2.75, 3.05) is 0 Å². The lowest BCUT2D eigenvalue weighted by Gasteiger charge is -1.99.